The van der Waals surface area contributed by atoms with E-state index in [1.807, 2.05) is 32.2 Å². The van der Waals surface area contributed by atoms with Gasteiger partial charge in [-0.05, 0) is 42.5 Å². The molecule has 1 fully saturated rings. The fraction of sp³-hybridized carbons (Fsp3) is 0.455. The van der Waals surface area contributed by atoms with Crippen LogP contribution < -0.4 is 10.2 Å². The van der Waals surface area contributed by atoms with Crippen LogP contribution in [0, 0.1) is 5.92 Å². The van der Waals surface area contributed by atoms with Crippen molar-refractivity contribution < 1.29 is 4.52 Å². The van der Waals surface area contributed by atoms with Crippen molar-refractivity contribution in [3.63, 3.8) is 0 Å². The molecule has 29 heavy (non-hydrogen) atoms. The molecule has 152 valence electrons. The quantitative estimate of drug-likeness (QED) is 0.661. The van der Waals surface area contributed by atoms with Crippen LogP contribution in [0.2, 0.25) is 0 Å². The molecule has 0 spiro atoms. The lowest BCUT2D eigenvalue weighted by atomic mass is 9.99. The van der Waals surface area contributed by atoms with Crippen LogP contribution in [0.25, 0.3) is 11.5 Å². The first kappa shape index (κ1) is 19.4. The van der Waals surface area contributed by atoms with Gasteiger partial charge in [-0.25, -0.2) is 9.97 Å². The normalized spacial score (nSPS) is 15.1. The van der Waals surface area contributed by atoms with Gasteiger partial charge in [-0.2, -0.15) is 4.98 Å². The van der Waals surface area contributed by atoms with E-state index >= 15 is 0 Å². The van der Waals surface area contributed by atoms with Crippen LogP contribution in [0.5, 0.6) is 0 Å². The maximum Gasteiger partial charge on any atom is 0.258 e. The molecule has 4 rings (SSSR count). The van der Waals surface area contributed by atoms with Gasteiger partial charge in [0.25, 0.3) is 5.89 Å². The Morgan fingerprint density at radius 1 is 1.17 bits per heavy atom. The van der Waals surface area contributed by atoms with Gasteiger partial charge in [0, 0.05) is 43.5 Å². The molecule has 0 bridgehead atoms. The second-order valence-electron chi connectivity index (χ2n) is 8.09. The number of pyridine rings is 2. The maximum atomic E-state index is 5.38. The highest BCUT2D eigenvalue weighted by atomic mass is 16.5. The largest absolute Gasteiger partial charge is 0.366 e. The van der Waals surface area contributed by atoms with Crippen LogP contribution in [0.3, 0.4) is 0 Å². The van der Waals surface area contributed by atoms with Crippen LogP contribution in [-0.4, -0.2) is 33.2 Å². The highest BCUT2D eigenvalue weighted by molar-refractivity contribution is 5.58. The molecule has 4 heterocycles. The molecule has 0 unspecified atom stereocenters. The smallest absolute Gasteiger partial charge is 0.258 e. The fourth-order valence-corrected chi connectivity index (χ4v) is 3.39. The van der Waals surface area contributed by atoms with Crippen LogP contribution >= 0.6 is 0 Å². The van der Waals surface area contributed by atoms with Crippen molar-refractivity contribution in [2.24, 2.45) is 5.92 Å². The summed E-state index contributed by atoms with van der Waals surface area (Å²) >= 11 is 0. The van der Waals surface area contributed by atoms with Gasteiger partial charge in [0.15, 0.2) is 5.82 Å². The number of hydrogen-bond acceptors (Lipinski definition) is 7. The number of piperidine rings is 1. The molecule has 7 heteroatoms. The van der Waals surface area contributed by atoms with Crippen molar-refractivity contribution >= 4 is 11.6 Å². The van der Waals surface area contributed by atoms with E-state index in [1.165, 1.54) is 12.8 Å². The lowest BCUT2D eigenvalue weighted by Gasteiger charge is -2.31. The molecule has 1 N–H and O–H groups in total. The molecule has 0 amide bonds. The van der Waals surface area contributed by atoms with E-state index in [4.69, 9.17) is 4.52 Å². The molecule has 1 aliphatic heterocycles. The van der Waals surface area contributed by atoms with E-state index in [9.17, 15) is 0 Å². The topological polar surface area (TPSA) is 80.0 Å². The molecule has 7 nitrogen and oxygen atoms in total. The molecule has 0 saturated carbocycles. The second kappa shape index (κ2) is 8.59. The molecule has 0 radical (unpaired) electrons. The Bertz CT molecular complexity index is 928. The Morgan fingerprint density at radius 3 is 2.69 bits per heavy atom. The van der Waals surface area contributed by atoms with Gasteiger partial charge in [0.05, 0.1) is 0 Å². The fourth-order valence-electron chi connectivity index (χ4n) is 3.39. The molecule has 3 aromatic rings. The van der Waals surface area contributed by atoms with Gasteiger partial charge >= 0.3 is 0 Å². The predicted molar refractivity (Wildman–Crippen MR) is 114 cm³/mol. The molecule has 0 aliphatic carbocycles. The van der Waals surface area contributed by atoms with Crippen molar-refractivity contribution in [1.82, 2.24) is 20.1 Å². The predicted octanol–water partition coefficient (Wildman–Crippen LogP) is 4.50. The summed E-state index contributed by atoms with van der Waals surface area (Å²) in [4.78, 5) is 15.9. The summed E-state index contributed by atoms with van der Waals surface area (Å²) in [5.41, 5.74) is 1.97. The Balaban J connectivity index is 1.37. The van der Waals surface area contributed by atoms with E-state index in [2.05, 4.69) is 49.4 Å². The minimum Gasteiger partial charge on any atom is -0.366 e. The van der Waals surface area contributed by atoms with Crippen molar-refractivity contribution in [1.29, 1.82) is 0 Å². The lowest BCUT2D eigenvalue weighted by Crippen LogP contribution is -2.33. The Hall–Kier alpha value is -2.96. The number of nitrogens with zero attached hydrogens (tertiary/aromatic N) is 5. The van der Waals surface area contributed by atoms with Gasteiger partial charge < -0.3 is 14.7 Å². The molecule has 1 saturated heterocycles. The molecule has 0 aromatic carbocycles. The van der Waals surface area contributed by atoms with E-state index in [-0.39, 0.29) is 5.92 Å². The molecular weight excluding hydrogens is 364 g/mol. The van der Waals surface area contributed by atoms with Crippen molar-refractivity contribution in [2.45, 2.75) is 46.1 Å². The van der Waals surface area contributed by atoms with Gasteiger partial charge in [0.2, 0.25) is 0 Å². The Morgan fingerprint density at radius 2 is 2.00 bits per heavy atom. The highest BCUT2D eigenvalue weighted by Crippen LogP contribution is 2.23. The summed E-state index contributed by atoms with van der Waals surface area (Å²) in [6.45, 7) is 9.25. The number of hydrogen-bond donors (Lipinski definition) is 1. The Labute approximate surface area is 171 Å². The number of nitrogens with one attached hydrogen (secondary N) is 1. The monoisotopic (exact) mass is 392 g/mol. The third-order valence-electron chi connectivity index (χ3n) is 5.36. The number of rotatable bonds is 6. The molecule has 3 aromatic heterocycles. The highest BCUT2D eigenvalue weighted by Gasteiger charge is 2.16. The Kier molecular flexibility index (Phi) is 5.74. The lowest BCUT2D eigenvalue weighted by molar-refractivity contribution is 0.419. The second-order valence-corrected chi connectivity index (χ2v) is 8.09. The van der Waals surface area contributed by atoms with Gasteiger partial charge in [-0.1, -0.05) is 32.0 Å². The van der Waals surface area contributed by atoms with Crippen LogP contribution in [0.15, 0.2) is 41.2 Å². The first-order valence-corrected chi connectivity index (χ1v) is 10.3. The molecule has 1 aliphatic rings. The van der Waals surface area contributed by atoms with E-state index in [0.717, 1.165) is 41.8 Å². The molecule has 0 atom stereocenters. The summed E-state index contributed by atoms with van der Waals surface area (Å²) in [7, 11) is 0. The number of aromatic nitrogens is 4. The summed E-state index contributed by atoms with van der Waals surface area (Å²) < 4.78 is 5.38. The average Bonchev–Trinajstić information content (AvgIpc) is 3.24. The minimum atomic E-state index is 0.232. The van der Waals surface area contributed by atoms with Gasteiger partial charge in [-0.3, -0.25) is 0 Å². The maximum absolute atomic E-state index is 5.38. The molecular formula is C22H28N6O. The van der Waals surface area contributed by atoms with E-state index in [0.29, 0.717) is 18.3 Å². The summed E-state index contributed by atoms with van der Waals surface area (Å²) in [6.07, 6.45) is 6.17. The summed E-state index contributed by atoms with van der Waals surface area (Å²) in [5.74, 6) is 4.11. The van der Waals surface area contributed by atoms with E-state index in [1.54, 1.807) is 6.20 Å². The van der Waals surface area contributed by atoms with Gasteiger partial charge in [0.1, 0.15) is 11.6 Å². The standard InChI is InChI=1S/C22H28N6O/c1-15(2)21-26-22(29-27-21)18-6-9-23-19(12-18)24-13-17-4-5-20(25-14-17)28-10-7-16(3)8-11-28/h4-6,9,12,14-16H,7-8,10-11,13H2,1-3H3,(H,23,24). The van der Waals surface area contributed by atoms with Crippen LogP contribution in [-0.2, 0) is 6.54 Å². The summed E-state index contributed by atoms with van der Waals surface area (Å²) in [6, 6.07) is 8.04. The van der Waals surface area contributed by atoms with Crippen LogP contribution in [0.4, 0.5) is 11.6 Å². The SMILES string of the molecule is CC1CCN(c2ccc(CNc3cc(-c4nc(C(C)C)no4)ccn3)cn2)CC1. The third-order valence-corrected chi connectivity index (χ3v) is 5.36. The minimum absolute atomic E-state index is 0.232. The number of anilines is 2. The van der Waals surface area contributed by atoms with Crippen LogP contribution in [0.1, 0.15) is 50.9 Å². The average molecular weight is 393 g/mol. The van der Waals surface area contributed by atoms with Crippen molar-refractivity contribution in [3.8, 4) is 11.5 Å². The van der Waals surface area contributed by atoms with E-state index < -0.39 is 0 Å². The first-order valence-electron chi connectivity index (χ1n) is 10.3. The first-order chi connectivity index (χ1) is 14.1. The third kappa shape index (κ3) is 4.72. The van der Waals surface area contributed by atoms with Gasteiger partial charge in [-0.15, -0.1) is 0 Å². The van der Waals surface area contributed by atoms with Crippen molar-refractivity contribution in [3.05, 3.63) is 48.0 Å². The van der Waals surface area contributed by atoms with Crippen molar-refractivity contribution in [2.75, 3.05) is 23.3 Å². The summed E-state index contributed by atoms with van der Waals surface area (Å²) in [5, 5.41) is 7.38. The zero-order valence-electron chi connectivity index (χ0n) is 17.3. The zero-order chi connectivity index (χ0) is 20.2. The zero-order valence-corrected chi connectivity index (χ0v) is 17.3.